The van der Waals surface area contributed by atoms with E-state index in [1.807, 2.05) is 0 Å². The monoisotopic (exact) mass is 288 g/mol. The number of rotatable bonds is 9. The Hall–Kier alpha value is -1.06. The zero-order valence-corrected chi connectivity index (χ0v) is 13.0. The lowest BCUT2D eigenvalue weighted by Crippen LogP contribution is -2.18. The van der Waals surface area contributed by atoms with Crippen LogP contribution in [0.1, 0.15) is 37.7 Å². The van der Waals surface area contributed by atoms with E-state index in [0.29, 0.717) is 0 Å². The van der Waals surface area contributed by atoms with E-state index in [-0.39, 0.29) is 0 Å². The van der Waals surface area contributed by atoms with E-state index >= 15 is 0 Å². The van der Waals surface area contributed by atoms with Gasteiger partial charge in [0, 0.05) is 38.5 Å². The third kappa shape index (κ3) is 5.01. The van der Waals surface area contributed by atoms with Crippen LogP contribution in [0.2, 0.25) is 0 Å². The lowest BCUT2D eigenvalue weighted by atomic mass is 10.2. The minimum Gasteiger partial charge on any atom is -0.381 e. The standard InChI is InChI=1S/C18H28N2O/c1-2-12-20(11-1)18-8-6-16(7-9-18)14-19-10-3-13-21-15-17-4-5-17/h6-9,17,19H,1-5,10-15H2. The van der Waals surface area contributed by atoms with E-state index < -0.39 is 0 Å². The van der Waals surface area contributed by atoms with Gasteiger partial charge in [0.1, 0.15) is 0 Å². The molecule has 1 aliphatic heterocycles. The highest BCUT2D eigenvalue weighted by Crippen LogP contribution is 2.28. The fourth-order valence-corrected chi connectivity index (χ4v) is 2.87. The Morgan fingerprint density at radius 1 is 1.10 bits per heavy atom. The van der Waals surface area contributed by atoms with Crippen LogP contribution in [0, 0.1) is 5.92 Å². The first kappa shape index (κ1) is 14.9. The molecule has 2 aliphatic rings. The number of nitrogens with zero attached hydrogens (tertiary/aromatic N) is 1. The van der Waals surface area contributed by atoms with Crippen LogP contribution in [-0.2, 0) is 11.3 Å². The maximum atomic E-state index is 5.64. The van der Waals surface area contributed by atoms with Crippen molar-refractivity contribution in [3.05, 3.63) is 29.8 Å². The number of ether oxygens (including phenoxy) is 1. The predicted molar refractivity (Wildman–Crippen MR) is 87.8 cm³/mol. The van der Waals surface area contributed by atoms with E-state index in [1.54, 1.807) is 0 Å². The minimum absolute atomic E-state index is 0.882. The second-order valence-electron chi connectivity index (χ2n) is 6.41. The molecular formula is C18H28N2O. The summed E-state index contributed by atoms with van der Waals surface area (Å²) in [4.78, 5) is 2.48. The van der Waals surface area contributed by atoms with Crippen molar-refractivity contribution in [1.82, 2.24) is 5.32 Å². The van der Waals surface area contributed by atoms with Crippen LogP contribution >= 0.6 is 0 Å². The van der Waals surface area contributed by atoms with Crippen molar-refractivity contribution < 1.29 is 4.74 Å². The van der Waals surface area contributed by atoms with E-state index in [2.05, 4.69) is 34.5 Å². The van der Waals surface area contributed by atoms with E-state index in [4.69, 9.17) is 4.74 Å². The first-order valence-electron chi connectivity index (χ1n) is 8.54. The third-order valence-electron chi connectivity index (χ3n) is 4.43. The predicted octanol–water partition coefficient (Wildman–Crippen LogP) is 3.19. The van der Waals surface area contributed by atoms with Gasteiger partial charge in [-0.15, -0.1) is 0 Å². The van der Waals surface area contributed by atoms with Crippen molar-refractivity contribution in [2.45, 2.75) is 38.6 Å². The molecule has 0 radical (unpaired) electrons. The molecule has 3 nitrogen and oxygen atoms in total. The Morgan fingerprint density at radius 2 is 1.86 bits per heavy atom. The molecule has 21 heavy (non-hydrogen) atoms. The van der Waals surface area contributed by atoms with E-state index in [1.165, 1.54) is 50.0 Å². The summed E-state index contributed by atoms with van der Waals surface area (Å²) in [6.07, 6.45) is 6.55. The second kappa shape index (κ2) is 7.81. The largest absolute Gasteiger partial charge is 0.381 e. The average Bonchev–Trinajstić information content (AvgIpc) is 3.18. The fraction of sp³-hybridized carbons (Fsp3) is 0.667. The van der Waals surface area contributed by atoms with Crippen molar-refractivity contribution in [2.75, 3.05) is 37.7 Å². The number of nitrogens with one attached hydrogen (secondary N) is 1. The molecule has 0 amide bonds. The molecule has 1 saturated heterocycles. The molecule has 0 aromatic heterocycles. The first-order valence-corrected chi connectivity index (χ1v) is 8.54. The Kier molecular flexibility index (Phi) is 5.53. The van der Waals surface area contributed by atoms with Gasteiger partial charge in [-0.05, 0) is 62.3 Å². The summed E-state index contributed by atoms with van der Waals surface area (Å²) in [6.45, 7) is 6.33. The van der Waals surface area contributed by atoms with Gasteiger partial charge in [-0.3, -0.25) is 0 Å². The summed E-state index contributed by atoms with van der Waals surface area (Å²) in [5, 5.41) is 3.50. The summed E-state index contributed by atoms with van der Waals surface area (Å²) in [5.41, 5.74) is 2.75. The smallest absolute Gasteiger partial charge is 0.0494 e. The van der Waals surface area contributed by atoms with Crippen molar-refractivity contribution in [2.24, 2.45) is 5.92 Å². The van der Waals surface area contributed by atoms with Gasteiger partial charge in [0.15, 0.2) is 0 Å². The summed E-state index contributed by atoms with van der Waals surface area (Å²) < 4.78 is 5.64. The van der Waals surface area contributed by atoms with Crippen LogP contribution in [0.25, 0.3) is 0 Å². The maximum absolute atomic E-state index is 5.64. The molecule has 116 valence electrons. The van der Waals surface area contributed by atoms with Crippen molar-refractivity contribution >= 4 is 5.69 Å². The Morgan fingerprint density at radius 3 is 2.57 bits per heavy atom. The highest BCUT2D eigenvalue weighted by Gasteiger charge is 2.20. The zero-order valence-electron chi connectivity index (χ0n) is 13.0. The summed E-state index contributed by atoms with van der Waals surface area (Å²) in [5.74, 6) is 0.882. The summed E-state index contributed by atoms with van der Waals surface area (Å²) in [6, 6.07) is 9.04. The van der Waals surface area contributed by atoms with E-state index in [0.717, 1.165) is 38.6 Å². The van der Waals surface area contributed by atoms with Crippen molar-refractivity contribution in [3.8, 4) is 0 Å². The molecule has 0 bridgehead atoms. The van der Waals surface area contributed by atoms with Crippen LogP contribution < -0.4 is 10.2 Å². The van der Waals surface area contributed by atoms with Gasteiger partial charge in [0.2, 0.25) is 0 Å². The lowest BCUT2D eigenvalue weighted by Gasteiger charge is -2.17. The average molecular weight is 288 g/mol. The highest BCUT2D eigenvalue weighted by molar-refractivity contribution is 5.48. The van der Waals surface area contributed by atoms with Crippen LogP contribution in [-0.4, -0.2) is 32.8 Å². The van der Waals surface area contributed by atoms with Gasteiger partial charge in [-0.25, -0.2) is 0 Å². The van der Waals surface area contributed by atoms with Gasteiger partial charge in [-0.1, -0.05) is 12.1 Å². The molecule has 1 heterocycles. The Bertz CT molecular complexity index is 408. The molecular weight excluding hydrogens is 260 g/mol. The van der Waals surface area contributed by atoms with Crippen molar-refractivity contribution in [1.29, 1.82) is 0 Å². The van der Waals surface area contributed by atoms with Crippen LogP contribution in [0.15, 0.2) is 24.3 Å². The topological polar surface area (TPSA) is 24.5 Å². The SMILES string of the molecule is c1cc(N2CCCC2)ccc1CNCCCOCC1CC1. The number of anilines is 1. The van der Waals surface area contributed by atoms with Gasteiger partial charge in [0.05, 0.1) is 0 Å². The molecule has 3 rings (SSSR count). The highest BCUT2D eigenvalue weighted by atomic mass is 16.5. The molecule has 1 N–H and O–H groups in total. The molecule has 1 aromatic rings. The number of benzene rings is 1. The van der Waals surface area contributed by atoms with Gasteiger partial charge in [0.25, 0.3) is 0 Å². The summed E-state index contributed by atoms with van der Waals surface area (Å²) >= 11 is 0. The normalized spacial score (nSPS) is 18.4. The number of hydrogen-bond donors (Lipinski definition) is 1. The molecule has 1 aromatic carbocycles. The molecule has 0 spiro atoms. The first-order chi connectivity index (χ1) is 10.4. The maximum Gasteiger partial charge on any atom is 0.0494 e. The fourth-order valence-electron chi connectivity index (χ4n) is 2.87. The van der Waals surface area contributed by atoms with Gasteiger partial charge < -0.3 is 15.0 Å². The Labute approximate surface area is 128 Å². The molecule has 1 saturated carbocycles. The van der Waals surface area contributed by atoms with Crippen LogP contribution in [0.3, 0.4) is 0 Å². The van der Waals surface area contributed by atoms with Gasteiger partial charge in [-0.2, -0.15) is 0 Å². The van der Waals surface area contributed by atoms with Crippen LogP contribution in [0.5, 0.6) is 0 Å². The number of hydrogen-bond acceptors (Lipinski definition) is 3. The molecule has 0 atom stereocenters. The Balaban J connectivity index is 1.27. The van der Waals surface area contributed by atoms with E-state index in [9.17, 15) is 0 Å². The molecule has 1 aliphatic carbocycles. The third-order valence-corrected chi connectivity index (χ3v) is 4.43. The molecule has 2 fully saturated rings. The summed E-state index contributed by atoms with van der Waals surface area (Å²) in [7, 11) is 0. The van der Waals surface area contributed by atoms with Crippen LogP contribution in [0.4, 0.5) is 5.69 Å². The lowest BCUT2D eigenvalue weighted by molar-refractivity contribution is 0.122. The second-order valence-corrected chi connectivity index (χ2v) is 6.41. The molecule has 3 heteroatoms. The zero-order chi connectivity index (χ0) is 14.3. The minimum atomic E-state index is 0.882. The van der Waals surface area contributed by atoms with Gasteiger partial charge >= 0.3 is 0 Å². The molecule has 0 unspecified atom stereocenters. The van der Waals surface area contributed by atoms with Crippen molar-refractivity contribution in [3.63, 3.8) is 0 Å². The quantitative estimate of drug-likeness (QED) is 0.706.